The molecular weight excluding hydrogens is 529 g/mol. The first-order valence-electron chi connectivity index (χ1n) is 12.6. The quantitative estimate of drug-likeness (QED) is 0.395. The predicted octanol–water partition coefficient (Wildman–Crippen LogP) is 5.14. The van der Waals surface area contributed by atoms with E-state index in [1.165, 1.54) is 6.07 Å². The van der Waals surface area contributed by atoms with Crippen molar-refractivity contribution in [1.82, 2.24) is 14.7 Å². The van der Waals surface area contributed by atoms with Crippen LogP contribution in [0.1, 0.15) is 16.7 Å². The van der Waals surface area contributed by atoms with Gasteiger partial charge in [-0.25, -0.2) is 0 Å². The smallest absolute Gasteiger partial charge is 0.333 e. The van der Waals surface area contributed by atoms with Crippen LogP contribution < -0.4 is 5.32 Å². The Labute approximate surface area is 231 Å². The minimum absolute atomic E-state index is 0.0251. The zero-order chi connectivity index (χ0) is 27.8. The van der Waals surface area contributed by atoms with Gasteiger partial charge < -0.3 is 10.2 Å². The van der Waals surface area contributed by atoms with E-state index in [-0.39, 0.29) is 24.7 Å². The van der Waals surface area contributed by atoms with Crippen molar-refractivity contribution in [3.05, 3.63) is 101 Å². The first-order chi connectivity index (χ1) is 18.7. The van der Waals surface area contributed by atoms with E-state index >= 15 is 0 Å². The minimum Gasteiger partial charge on any atom is -0.333 e. The van der Waals surface area contributed by atoms with Crippen LogP contribution in [0.5, 0.6) is 0 Å². The number of amides is 2. The highest BCUT2D eigenvalue weighted by Crippen LogP contribution is 2.36. The molecule has 0 aliphatic carbocycles. The van der Waals surface area contributed by atoms with Gasteiger partial charge in [0.05, 0.1) is 23.7 Å². The van der Waals surface area contributed by atoms with Crippen molar-refractivity contribution < 1.29 is 22.8 Å². The number of anilines is 1. The molecule has 1 N–H and O–H groups in total. The number of hydrogen-bond acceptors (Lipinski definition) is 4. The highest BCUT2D eigenvalue weighted by molar-refractivity contribution is 6.31. The molecule has 2 amide bonds. The second kappa shape index (κ2) is 13.1. The molecule has 1 aliphatic rings. The average Bonchev–Trinajstić information content (AvgIpc) is 2.91. The Bertz CT molecular complexity index is 1210. The zero-order valence-corrected chi connectivity index (χ0v) is 22.1. The molecule has 3 aromatic carbocycles. The summed E-state index contributed by atoms with van der Waals surface area (Å²) >= 11 is 5.65. The van der Waals surface area contributed by atoms with Crippen molar-refractivity contribution in [2.75, 3.05) is 44.6 Å². The molecule has 0 unspecified atom stereocenters. The molecule has 39 heavy (non-hydrogen) atoms. The number of rotatable bonds is 9. The molecule has 4 rings (SSSR count). The third-order valence-corrected chi connectivity index (χ3v) is 6.86. The topological polar surface area (TPSA) is 55.9 Å². The van der Waals surface area contributed by atoms with Gasteiger partial charge in [0, 0.05) is 45.0 Å². The second-order valence-corrected chi connectivity index (χ2v) is 9.92. The van der Waals surface area contributed by atoms with Gasteiger partial charge in [0.1, 0.15) is 0 Å². The van der Waals surface area contributed by atoms with Gasteiger partial charge in [0.15, 0.2) is 0 Å². The Morgan fingerprint density at radius 3 is 1.82 bits per heavy atom. The van der Waals surface area contributed by atoms with E-state index in [1.807, 2.05) is 70.5 Å². The van der Waals surface area contributed by atoms with Gasteiger partial charge in [-0.2, -0.15) is 13.2 Å². The molecule has 0 atom stereocenters. The fourth-order valence-corrected chi connectivity index (χ4v) is 4.69. The van der Waals surface area contributed by atoms with Crippen LogP contribution in [0.25, 0.3) is 0 Å². The summed E-state index contributed by atoms with van der Waals surface area (Å²) in [5.74, 6) is -0.385. The second-order valence-electron chi connectivity index (χ2n) is 9.51. The molecule has 206 valence electrons. The average molecular weight is 559 g/mol. The van der Waals surface area contributed by atoms with E-state index in [0.29, 0.717) is 39.3 Å². The third kappa shape index (κ3) is 8.54. The number of piperazine rings is 1. The molecule has 1 saturated heterocycles. The van der Waals surface area contributed by atoms with Crippen LogP contribution in [0.2, 0.25) is 5.02 Å². The minimum atomic E-state index is -4.61. The largest absolute Gasteiger partial charge is 0.417 e. The van der Waals surface area contributed by atoms with Crippen LogP contribution in [-0.4, -0.2) is 65.8 Å². The summed E-state index contributed by atoms with van der Waals surface area (Å²) in [6, 6.07) is 23.0. The number of hydrogen-bond donors (Lipinski definition) is 1. The Morgan fingerprint density at radius 1 is 0.795 bits per heavy atom. The highest BCUT2D eigenvalue weighted by atomic mass is 35.5. The SMILES string of the molecule is O=C(CN1CCN(CC(=O)N(Cc2ccccc2)Cc2ccccc2)CC1)Nc1ccc(Cl)c(C(F)(F)F)c1. The van der Waals surface area contributed by atoms with E-state index in [0.717, 1.165) is 23.3 Å². The molecule has 0 radical (unpaired) electrons. The van der Waals surface area contributed by atoms with Crippen molar-refractivity contribution in [3.8, 4) is 0 Å². The van der Waals surface area contributed by atoms with Crippen LogP contribution >= 0.6 is 11.6 Å². The normalized spacial score (nSPS) is 14.7. The summed E-state index contributed by atoms with van der Waals surface area (Å²) in [7, 11) is 0. The van der Waals surface area contributed by atoms with Crippen LogP contribution in [0, 0.1) is 0 Å². The molecule has 1 heterocycles. The number of carbonyl (C=O) groups excluding carboxylic acids is 2. The number of nitrogens with one attached hydrogen (secondary N) is 1. The van der Waals surface area contributed by atoms with Crippen molar-refractivity contribution in [2.24, 2.45) is 0 Å². The molecule has 0 aromatic heterocycles. The van der Waals surface area contributed by atoms with Crippen LogP contribution in [0.15, 0.2) is 78.9 Å². The lowest BCUT2D eigenvalue weighted by Crippen LogP contribution is -2.51. The van der Waals surface area contributed by atoms with E-state index in [9.17, 15) is 22.8 Å². The number of alkyl halides is 3. The maximum Gasteiger partial charge on any atom is 0.417 e. The molecule has 6 nitrogen and oxygen atoms in total. The van der Waals surface area contributed by atoms with E-state index in [4.69, 9.17) is 11.6 Å². The van der Waals surface area contributed by atoms with Crippen LogP contribution in [0.4, 0.5) is 18.9 Å². The fraction of sp³-hybridized carbons (Fsp3) is 0.310. The molecule has 0 saturated carbocycles. The number of nitrogens with zero attached hydrogens (tertiary/aromatic N) is 3. The van der Waals surface area contributed by atoms with Gasteiger partial charge in [-0.05, 0) is 29.3 Å². The van der Waals surface area contributed by atoms with Crippen LogP contribution in [0.3, 0.4) is 0 Å². The standard InChI is InChI=1S/C29H30ClF3N4O2/c30-26-12-11-24(17-25(26)29(31,32)33)34-27(38)20-35-13-15-36(16-14-35)21-28(39)37(18-22-7-3-1-4-8-22)19-23-9-5-2-6-10-23/h1-12,17H,13-16,18-21H2,(H,34,38). The number of halogens is 4. The van der Waals surface area contributed by atoms with Crippen molar-refractivity contribution in [3.63, 3.8) is 0 Å². The molecule has 1 aliphatic heterocycles. The van der Waals surface area contributed by atoms with Crippen molar-refractivity contribution >= 4 is 29.1 Å². The highest BCUT2D eigenvalue weighted by Gasteiger charge is 2.33. The van der Waals surface area contributed by atoms with Gasteiger partial charge in [0.2, 0.25) is 11.8 Å². The molecule has 0 spiro atoms. The summed E-state index contributed by atoms with van der Waals surface area (Å²) in [4.78, 5) is 31.6. The molecule has 3 aromatic rings. The number of benzene rings is 3. The zero-order valence-electron chi connectivity index (χ0n) is 21.3. The molecule has 1 fully saturated rings. The fourth-order valence-electron chi connectivity index (χ4n) is 4.46. The molecule has 0 bridgehead atoms. The predicted molar refractivity (Wildman–Crippen MR) is 145 cm³/mol. The van der Waals surface area contributed by atoms with Gasteiger partial charge in [-0.1, -0.05) is 72.3 Å². The lowest BCUT2D eigenvalue weighted by Gasteiger charge is -2.35. The Kier molecular flexibility index (Phi) is 9.61. The van der Waals surface area contributed by atoms with Crippen LogP contribution in [-0.2, 0) is 28.9 Å². The first-order valence-corrected chi connectivity index (χ1v) is 13.0. The molecule has 10 heteroatoms. The maximum atomic E-state index is 13.3. The Hall–Kier alpha value is -3.40. The molecular formula is C29H30ClF3N4O2. The Morgan fingerprint density at radius 2 is 1.31 bits per heavy atom. The number of carbonyl (C=O) groups is 2. The van der Waals surface area contributed by atoms with Crippen molar-refractivity contribution in [2.45, 2.75) is 19.3 Å². The maximum absolute atomic E-state index is 13.3. The monoisotopic (exact) mass is 558 g/mol. The van der Waals surface area contributed by atoms with Crippen molar-refractivity contribution in [1.29, 1.82) is 0 Å². The summed E-state index contributed by atoms with van der Waals surface area (Å²) < 4.78 is 39.3. The summed E-state index contributed by atoms with van der Waals surface area (Å²) in [6.07, 6.45) is -4.61. The lowest BCUT2D eigenvalue weighted by atomic mass is 10.1. The summed E-state index contributed by atoms with van der Waals surface area (Å²) in [6.45, 7) is 3.65. The lowest BCUT2D eigenvalue weighted by molar-refractivity contribution is -0.137. The van der Waals surface area contributed by atoms with Gasteiger partial charge >= 0.3 is 6.18 Å². The first kappa shape index (κ1) is 28.6. The Balaban J connectivity index is 1.28. The van der Waals surface area contributed by atoms with E-state index in [2.05, 4.69) is 10.2 Å². The summed E-state index contributed by atoms with van der Waals surface area (Å²) in [5.41, 5.74) is 1.16. The van der Waals surface area contributed by atoms with Gasteiger partial charge in [-0.3, -0.25) is 19.4 Å². The van der Waals surface area contributed by atoms with E-state index < -0.39 is 22.7 Å². The van der Waals surface area contributed by atoms with Gasteiger partial charge in [0.25, 0.3) is 0 Å². The summed E-state index contributed by atoms with van der Waals surface area (Å²) in [5, 5.41) is 2.10. The van der Waals surface area contributed by atoms with Gasteiger partial charge in [-0.15, -0.1) is 0 Å². The third-order valence-electron chi connectivity index (χ3n) is 6.53. The van der Waals surface area contributed by atoms with E-state index in [1.54, 1.807) is 0 Å².